The van der Waals surface area contributed by atoms with E-state index in [0.717, 1.165) is 17.6 Å². The molecule has 3 nitrogen and oxygen atoms in total. The van der Waals surface area contributed by atoms with Crippen LogP contribution in [0.2, 0.25) is 0 Å². The van der Waals surface area contributed by atoms with Gasteiger partial charge < -0.3 is 9.84 Å². The molecule has 1 aromatic carbocycles. The summed E-state index contributed by atoms with van der Waals surface area (Å²) in [6, 6.07) is 9.89. The predicted molar refractivity (Wildman–Crippen MR) is 83.5 cm³/mol. The highest BCUT2D eigenvalue weighted by atomic mass is 16.5. The van der Waals surface area contributed by atoms with Crippen LogP contribution in [0.15, 0.2) is 48.6 Å². The summed E-state index contributed by atoms with van der Waals surface area (Å²) >= 11 is 0. The molecule has 0 saturated carbocycles. The minimum absolute atomic E-state index is 0.243. The van der Waals surface area contributed by atoms with Crippen molar-refractivity contribution in [3.63, 3.8) is 0 Å². The first-order valence-corrected chi connectivity index (χ1v) is 7.39. The van der Waals surface area contributed by atoms with Crippen LogP contribution in [-0.4, -0.2) is 23.3 Å². The van der Waals surface area contributed by atoms with E-state index in [9.17, 15) is 9.90 Å². The lowest BCUT2D eigenvalue weighted by atomic mass is 9.89. The second kappa shape index (κ2) is 6.72. The number of rotatable bonds is 5. The monoisotopic (exact) mass is 286 g/mol. The van der Waals surface area contributed by atoms with E-state index >= 15 is 0 Å². The van der Waals surface area contributed by atoms with Crippen molar-refractivity contribution in [3.05, 3.63) is 54.1 Å². The summed E-state index contributed by atoms with van der Waals surface area (Å²) in [4.78, 5) is 12.0. The molecule has 2 atom stereocenters. The van der Waals surface area contributed by atoms with E-state index in [1.807, 2.05) is 50.3 Å². The molecule has 1 aromatic rings. The Morgan fingerprint density at radius 1 is 1.38 bits per heavy atom. The van der Waals surface area contributed by atoms with Gasteiger partial charge in [-0.3, -0.25) is 0 Å². The van der Waals surface area contributed by atoms with Crippen molar-refractivity contribution in [2.75, 3.05) is 6.61 Å². The van der Waals surface area contributed by atoms with Gasteiger partial charge in [0.25, 0.3) is 0 Å². The first-order valence-electron chi connectivity index (χ1n) is 7.39. The molecule has 2 rings (SSSR count). The number of hydrogen-bond acceptors (Lipinski definition) is 3. The van der Waals surface area contributed by atoms with Gasteiger partial charge in [-0.1, -0.05) is 62.8 Å². The van der Waals surface area contributed by atoms with Gasteiger partial charge in [0, 0.05) is 6.42 Å². The molecule has 0 spiro atoms. The molecule has 112 valence electrons. The number of aliphatic hydroxyl groups is 1. The van der Waals surface area contributed by atoms with Gasteiger partial charge in [0.05, 0.1) is 6.61 Å². The van der Waals surface area contributed by atoms with Gasteiger partial charge in [-0.05, 0) is 23.1 Å². The maximum atomic E-state index is 12.0. The summed E-state index contributed by atoms with van der Waals surface area (Å²) in [7, 11) is 0. The lowest BCUT2D eigenvalue weighted by molar-refractivity contribution is -0.161. The molecule has 1 aliphatic carbocycles. The number of allylic oxidation sites excluding steroid dienone is 2. The Morgan fingerprint density at radius 3 is 2.67 bits per heavy atom. The Balaban J connectivity index is 2.00. The third-order valence-electron chi connectivity index (χ3n) is 3.83. The highest BCUT2D eigenvalue weighted by molar-refractivity contribution is 5.86. The van der Waals surface area contributed by atoms with Crippen molar-refractivity contribution in [2.45, 2.75) is 32.3 Å². The van der Waals surface area contributed by atoms with Crippen molar-refractivity contribution >= 4 is 11.5 Å². The number of carbonyl (C=O) groups is 1. The van der Waals surface area contributed by atoms with E-state index in [2.05, 4.69) is 0 Å². The van der Waals surface area contributed by atoms with Crippen LogP contribution in [-0.2, 0) is 9.53 Å². The fraction of sp³-hybridized carbons (Fsp3) is 0.389. The van der Waals surface area contributed by atoms with Gasteiger partial charge in [-0.2, -0.15) is 0 Å². The summed E-state index contributed by atoms with van der Waals surface area (Å²) in [5.74, 6) is -0.261. The molecule has 0 aromatic heterocycles. The van der Waals surface area contributed by atoms with E-state index < -0.39 is 11.6 Å². The van der Waals surface area contributed by atoms with Gasteiger partial charge in [0.1, 0.15) is 0 Å². The fourth-order valence-corrected chi connectivity index (χ4v) is 2.09. The summed E-state index contributed by atoms with van der Waals surface area (Å²) in [5.41, 5.74) is 0.546. The molecule has 3 heteroatoms. The maximum Gasteiger partial charge on any atom is 0.342 e. The fourth-order valence-electron chi connectivity index (χ4n) is 2.09. The second-order valence-electron chi connectivity index (χ2n) is 5.60. The summed E-state index contributed by atoms with van der Waals surface area (Å²) in [5, 5.41) is 10.4. The Bertz CT molecular complexity index is 545. The zero-order chi connectivity index (χ0) is 15.3. The Hall–Kier alpha value is -1.87. The molecule has 1 N–H and O–H groups in total. The summed E-state index contributed by atoms with van der Waals surface area (Å²) < 4.78 is 5.21. The van der Waals surface area contributed by atoms with E-state index in [-0.39, 0.29) is 6.42 Å². The van der Waals surface area contributed by atoms with Crippen LogP contribution in [0.4, 0.5) is 0 Å². The number of carbonyl (C=O) groups excluding carboxylic acids is 1. The zero-order valence-corrected chi connectivity index (χ0v) is 12.6. The highest BCUT2D eigenvalue weighted by Gasteiger charge is 2.35. The second-order valence-corrected chi connectivity index (χ2v) is 5.60. The smallest absolute Gasteiger partial charge is 0.342 e. The minimum atomic E-state index is -1.54. The molecule has 0 aliphatic heterocycles. The zero-order valence-electron chi connectivity index (χ0n) is 12.6. The number of benzene rings is 1. The molecular formula is C18H22O3. The molecule has 0 amide bonds. The molecule has 0 bridgehead atoms. The lowest BCUT2D eigenvalue weighted by Crippen LogP contribution is -2.39. The molecule has 0 radical (unpaired) electrons. The van der Waals surface area contributed by atoms with Gasteiger partial charge in [0.2, 0.25) is 0 Å². The third-order valence-corrected chi connectivity index (χ3v) is 3.83. The Kier molecular flexibility index (Phi) is 4.97. The van der Waals surface area contributed by atoms with Crippen molar-refractivity contribution in [2.24, 2.45) is 5.92 Å². The highest BCUT2D eigenvalue weighted by Crippen LogP contribution is 2.27. The molecule has 0 saturated heterocycles. The van der Waals surface area contributed by atoms with Crippen molar-refractivity contribution < 1.29 is 14.6 Å². The standard InChI is InChI=1S/C18H22O3/c1-3-14(2)13-21-17(19)18(20)11-9-16(10-12-18)15-7-5-4-6-8-15/h4-11,14,20H,3,12-13H2,1-2H3/t14-,18?/m0/s1. The number of ether oxygens (including phenoxy) is 1. The van der Waals surface area contributed by atoms with Crippen molar-refractivity contribution in [1.82, 2.24) is 0 Å². The van der Waals surface area contributed by atoms with E-state index in [1.165, 1.54) is 6.08 Å². The molecule has 0 fully saturated rings. The van der Waals surface area contributed by atoms with Gasteiger partial charge in [0.15, 0.2) is 5.60 Å². The van der Waals surface area contributed by atoms with E-state index in [4.69, 9.17) is 4.74 Å². The minimum Gasteiger partial charge on any atom is -0.463 e. The third kappa shape index (κ3) is 3.82. The number of hydrogen-bond donors (Lipinski definition) is 1. The van der Waals surface area contributed by atoms with Crippen LogP contribution in [0, 0.1) is 5.92 Å². The van der Waals surface area contributed by atoms with Crippen molar-refractivity contribution in [3.8, 4) is 0 Å². The Labute approximate surface area is 125 Å². The van der Waals surface area contributed by atoms with Gasteiger partial charge >= 0.3 is 5.97 Å². The normalized spacial score (nSPS) is 22.5. The van der Waals surface area contributed by atoms with E-state index in [0.29, 0.717) is 12.5 Å². The van der Waals surface area contributed by atoms with E-state index in [1.54, 1.807) is 6.08 Å². The molecule has 1 unspecified atom stereocenters. The lowest BCUT2D eigenvalue weighted by Gasteiger charge is -2.25. The van der Waals surface area contributed by atoms with Crippen LogP contribution in [0.25, 0.3) is 5.57 Å². The summed E-state index contributed by atoms with van der Waals surface area (Å²) in [6.07, 6.45) is 6.38. The van der Waals surface area contributed by atoms with Crippen molar-refractivity contribution in [1.29, 1.82) is 0 Å². The van der Waals surface area contributed by atoms with Gasteiger partial charge in [-0.25, -0.2) is 4.79 Å². The van der Waals surface area contributed by atoms with Crippen LogP contribution in [0.5, 0.6) is 0 Å². The Morgan fingerprint density at radius 2 is 2.10 bits per heavy atom. The predicted octanol–water partition coefficient (Wildman–Crippen LogP) is 3.35. The van der Waals surface area contributed by atoms with Gasteiger partial charge in [-0.15, -0.1) is 0 Å². The topological polar surface area (TPSA) is 46.5 Å². The average molecular weight is 286 g/mol. The van der Waals surface area contributed by atoms with Crippen LogP contribution in [0.3, 0.4) is 0 Å². The molecule has 21 heavy (non-hydrogen) atoms. The maximum absolute atomic E-state index is 12.0. The average Bonchev–Trinajstić information content (AvgIpc) is 2.53. The number of esters is 1. The largest absolute Gasteiger partial charge is 0.463 e. The van der Waals surface area contributed by atoms with Crippen LogP contribution < -0.4 is 0 Å². The summed E-state index contributed by atoms with van der Waals surface area (Å²) in [6.45, 7) is 4.41. The molecular weight excluding hydrogens is 264 g/mol. The molecule has 1 aliphatic rings. The first-order chi connectivity index (χ1) is 10.0. The SMILES string of the molecule is CC[C@H](C)COC(=O)C1(O)C=CC(c2ccccc2)=CC1. The van der Waals surface area contributed by atoms with Crippen LogP contribution >= 0.6 is 0 Å². The van der Waals surface area contributed by atoms with Crippen LogP contribution in [0.1, 0.15) is 32.3 Å². The quantitative estimate of drug-likeness (QED) is 0.844. The molecule has 0 heterocycles. The first kappa shape index (κ1) is 15.5.